The van der Waals surface area contributed by atoms with Gasteiger partial charge < -0.3 is 15.3 Å². The highest BCUT2D eigenvalue weighted by atomic mass is 35.5. The first-order valence-electron chi connectivity index (χ1n) is 6.90. The van der Waals surface area contributed by atoms with Crippen LogP contribution in [0.25, 0.3) is 0 Å². The third-order valence-corrected chi connectivity index (χ3v) is 2.97. The minimum atomic E-state index is -0.589. The minimum absolute atomic E-state index is 0. The first-order chi connectivity index (χ1) is 8.17. The van der Waals surface area contributed by atoms with Gasteiger partial charge in [0.1, 0.15) is 12.5 Å². The lowest BCUT2D eigenvalue weighted by atomic mass is 10.1. The fourth-order valence-corrected chi connectivity index (χ4v) is 1.86. The van der Waals surface area contributed by atoms with Crippen molar-refractivity contribution >= 4 is 12.4 Å². The average Bonchev–Trinajstić information content (AvgIpc) is 2.34. The molecule has 0 bridgehead atoms. The first kappa shape index (κ1) is 20.4. The van der Waals surface area contributed by atoms with Crippen LogP contribution in [0.1, 0.15) is 58.8 Å². The second kappa shape index (κ2) is 13.6. The van der Waals surface area contributed by atoms with E-state index in [1.807, 2.05) is 0 Å². The number of rotatable bonds is 11. The van der Waals surface area contributed by atoms with Crippen molar-refractivity contribution < 1.29 is 15.3 Å². The molecule has 0 aliphatic heterocycles. The van der Waals surface area contributed by atoms with E-state index in [1.165, 1.54) is 0 Å². The van der Waals surface area contributed by atoms with E-state index in [4.69, 9.17) is 5.11 Å². The molecule has 0 fully saturated rings. The summed E-state index contributed by atoms with van der Waals surface area (Å²) in [5.74, 6) is 0. The van der Waals surface area contributed by atoms with Gasteiger partial charge in [-0.3, -0.25) is 4.90 Å². The molecule has 2 unspecified atom stereocenters. The lowest BCUT2D eigenvalue weighted by molar-refractivity contribution is -0.110. The molecule has 0 spiro atoms. The molecule has 0 saturated carbocycles. The van der Waals surface area contributed by atoms with Crippen molar-refractivity contribution in [3.8, 4) is 0 Å². The molecule has 0 rings (SSSR count). The van der Waals surface area contributed by atoms with Crippen molar-refractivity contribution in [3.05, 3.63) is 0 Å². The van der Waals surface area contributed by atoms with Crippen molar-refractivity contribution in [1.82, 2.24) is 4.90 Å². The Labute approximate surface area is 117 Å². The maximum atomic E-state index is 10.0. The summed E-state index contributed by atoms with van der Waals surface area (Å²) in [4.78, 5) is 1.71. The van der Waals surface area contributed by atoms with Crippen LogP contribution in [0, 0.1) is 0 Å². The summed E-state index contributed by atoms with van der Waals surface area (Å²) < 4.78 is 0. The van der Waals surface area contributed by atoms with Crippen LogP contribution in [-0.4, -0.2) is 45.8 Å². The maximum Gasteiger partial charge on any atom is 0.109 e. The normalized spacial score (nSPS) is 14.3. The molecule has 2 atom stereocenters. The first-order valence-corrected chi connectivity index (χ1v) is 6.90. The fourth-order valence-electron chi connectivity index (χ4n) is 1.86. The molecule has 0 aromatic rings. The Morgan fingerprint density at radius 1 is 0.889 bits per heavy atom. The Bertz CT molecular complexity index is 158. The molecule has 3 N–H and O–H groups in total. The zero-order chi connectivity index (χ0) is 13.1. The van der Waals surface area contributed by atoms with Crippen molar-refractivity contribution in [1.29, 1.82) is 0 Å². The standard InChI is InChI=1S/C13H29NO3.ClH/c1-3-5-8-12(16)14(10-7-11-15)13(17)9-6-4-2;/h12-13,15-17H,3-11H2,1-2H3;1H. The summed E-state index contributed by atoms with van der Waals surface area (Å²) >= 11 is 0. The number of unbranched alkanes of at least 4 members (excludes halogenated alkanes) is 2. The molecule has 18 heavy (non-hydrogen) atoms. The van der Waals surface area contributed by atoms with Crippen LogP contribution in [0.5, 0.6) is 0 Å². The third-order valence-electron chi connectivity index (χ3n) is 2.97. The van der Waals surface area contributed by atoms with Gasteiger partial charge in [0.05, 0.1) is 0 Å². The van der Waals surface area contributed by atoms with Crippen molar-refractivity contribution in [2.75, 3.05) is 13.2 Å². The Morgan fingerprint density at radius 3 is 1.67 bits per heavy atom. The van der Waals surface area contributed by atoms with Gasteiger partial charge in [-0.1, -0.05) is 26.7 Å². The largest absolute Gasteiger partial charge is 0.396 e. The van der Waals surface area contributed by atoms with Gasteiger partial charge in [0, 0.05) is 13.2 Å². The Morgan fingerprint density at radius 2 is 1.33 bits per heavy atom. The second-order valence-corrected chi connectivity index (χ2v) is 4.56. The van der Waals surface area contributed by atoms with Crippen LogP contribution in [0.2, 0.25) is 0 Å². The molecule has 0 saturated heterocycles. The number of aliphatic hydroxyl groups is 3. The Hall–Kier alpha value is 0.130. The lowest BCUT2D eigenvalue weighted by Gasteiger charge is -2.32. The molecule has 0 amide bonds. The van der Waals surface area contributed by atoms with Gasteiger partial charge in [0.15, 0.2) is 0 Å². The fraction of sp³-hybridized carbons (Fsp3) is 1.00. The van der Waals surface area contributed by atoms with Crippen LogP contribution in [-0.2, 0) is 0 Å². The number of aliphatic hydroxyl groups excluding tert-OH is 3. The molecular formula is C13H30ClNO3. The van der Waals surface area contributed by atoms with Gasteiger partial charge in [0.25, 0.3) is 0 Å². The van der Waals surface area contributed by atoms with E-state index in [-0.39, 0.29) is 19.0 Å². The molecule has 0 aromatic carbocycles. The highest BCUT2D eigenvalue weighted by Crippen LogP contribution is 2.13. The summed E-state index contributed by atoms with van der Waals surface area (Å²) in [5, 5.41) is 28.9. The van der Waals surface area contributed by atoms with E-state index >= 15 is 0 Å². The average molecular weight is 284 g/mol. The molecule has 4 nitrogen and oxygen atoms in total. The number of nitrogens with zero attached hydrogens (tertiary/aromatic N) is 1. The van der Waals surface area contributed by atoms with Crippen LogP contribution < -0.4 is 0 Å². The third kappa shape index (κ3) is 9.11. The molecule has 0 aromatic heterocycles. The Kier molecular flexibility index (Phi) is 15.4. The van der Waals surface area contributed by atoms with Crippen molar-refractivity contribution in [2.24, 2.45) is 0 Å². The molecule has 0 aliphatic rings. The second-order valence-electron chi connectivity index (χ2n) is 4.56. The SMILES string of the molecule is CCCCC(O)N(CCCO)C(O)CCCC.Cl. The zero-order valence-corrected chi connectivity index (χ0v) is 12.5. The van der Waals surface area contributed by atoms with Crippen molar-refractivity contribution in [2.45, 2.75) is 71.2 Å². The van der Waals surface area contributed by atoms with Gasteiger partial charge in [-0.2, -0.15) is 0 Å². The predicted octanol–water partition coefficient (Wildman–Crippen LogP) is 2.11. The molecule has 0 radical (unpaired) electrons. The van der Waals surface area contributed by atoms with Crippen LogP contribution in [0.3, 0.4) is 0 Å². The van der Waals surface area contributed by atoms with E-state index in [0.717, 1.165) is 25.7 Å². The smallest absolute Gasteiger partial charge is 0.109 e. The molecule has 112 valence electrons. The van der Waals surface area contributed by atoms with Crippen LogP contribution >= 0.6 is 12.4 Å². The van der Waals surface area contributed by atoms with E-state index in [2.05, 4.69) is 13.8 Å². The summed E-state index contributed by atoms with van der Waals surface area (Å²) in [6, 6.07) is 0. The van der Waals surface area contributed by atoms with E-state index in [9.17, 15) is 10.2 Å². The summed E-state index contributed by atoms with van der Waals surface area (Å²) in [5.41, 5.74) is 0. The maximum absolute atomic E-state index is 10.0. The van der Waals surface area contributed by atoms with E-state index < -0.39 is 12.5 Å². The molecule has 5 heteroatoms. The molecular weight excluding hydrogens is 254 g/mol. The molecule has 0 aliphatic carbocycles. The van der Waals surface area contributed by atoms with Gasteiger partial charge in [-0.25, -0.2) is 0 Å². The lowest BCUT2D eigenvalue weighted by Crippen LogP contribution is -2.44. The quantitative estimate of drug-likeness (QED) is 0.508. The van der Waals surface area contributed by atoms with Gasteiger partial charge >= 0.3 is 0 Å². The van der Waals surface area contributed by atoms with E-state index in [0.29, 0.717) is 25.8 Å². The highest BCUT2D eigenvalue weighted by Gasteiger charge is 2.21. The van der Waals surface area contributed by atoms with Gasteiger partial charge in [-0.15, -0.1) is 12.4 Å². The predicted molar refractivity (Wildman–Crippen MR) is 76.7 cm³/mol. The van der Waals surface area contributed by atoms with Gasteiger partial charge in [-0.05, 0) is 32.1 Å². The summed E-state index contributed by atoms with van der Waals surface area (Å²) in [7, 11) is 0. The van der Waals surface area contributed by atoms with Gasteiger partial charge in [0.2, 0.25) is 0 Å². The van der Waals surface area contributed by atoms with E-state index in [1.54, 1.807) is 4.90 Å². The highest BCUT2D eigenvalue weighted by molar-refractivity contribution is 5.85. The minimum Gasteiger partial charge on any atom is -0.396 e. The monoisotopic (exact) mass is 283 g/mol. The van der Waals surface area contributed by atoms with Crippen LogP contribution in [0.15, 0.2) is 0 Å². The number of halogens is 1. The summed E-state index contributed by atoms with van der Waals surface area (Å²) in [6.07, 6.45) is 4.77. The molecule has 0 heterocycles. The Balaban J connectivity index is 0. The number of hydrogen-bond donors (Lipinski definition) is 3. The topological polar surface area (TPSA) is 63.9 Å². The zero-order valence-electron chi connectivity index (χ0n) is 11.7. The van der Waals surface area contributed by atoms with Crippen LogP contribution in [0.4, 0.5) is 0 Å². The summed E-state index contributed by atoms with van der Waals surface area (Å²) in [6.45, 7) is 4.81. The van der Waals surface area contributed by atoms with Crippen molar-refractivity contribution in [3.63, 3.8) is 0 Å². The number of hydrogen-bond acceptors (Lipinski definition) is 4.